The summed E-state index contributed by atoms with van der Waals surface area (Å²) >= 11 is 0. The number of benzene rings is 2. The SMILES string of the molecule is CC(C)=CCNc1ccc(-c2cc(C)c(-c3cc(F)c(N(C)S(C)(=O)=O)c(F)c3)cc2C)cn1. The molecule has 8 heteroatoms. The summed E-state index contributed by atoms with van der Waals surface area (Å²) in [5.74, 6) is -1.11. The quantitative estimate of drug-likeness (QED) is 0.412. The lowest BCUT2D eigenvalue weighted by molar-refractivity contribution is 0.575. The Labute approximate surface area is 200 Å². The second kappa shape index (κ2) is 9.93. The Kier molecular flexibility index (Phi) is 7.41. The molecule has 0 spiro atoms. The Balaban J connectivity index is 1.94. The summed E-state index contributed by atoms with van der Waals surface area (Å²) in [5.41, 5.74) is 5.29. The van der Waals surface area contributed by atoms with Gasteiger partial charge in [0.15, 0.2) is 11.6 Å². The zero-order valence-electron chi connectivity index (χ0n) is 20.2. The molecule has 0 aliphatic rings. The highest BCUT2D eigenvalue weighted by atomic mass is 32.2. The summed E-state index contributed by atoms with van der Waals surface area (Å²) in [6.45, 7) is 8.58. The Morgan fingerprint density at radius 3 is 2.03 bits per heavy atom. The lowest BCUT2D eigenvalue weighted by atomic mass is 9.92. The summed E-state index contributed by atoms with van der Waals surface area (Å²) in [5, 5.41) is 3.24. The van der Waals surface area contributed by atoms with Crippen molar-refractivity contribution in [3.63, 3.8) is 0 Å². The number of pyridine rings is 1. The minimum atomic E-state index is -3.80. The van der Waals surface area contributed by atoms with E-state index in [0.717, 1.165) is 53.5 Å². The molecule has 0 aliphatic heterocycles. The van der Waals surface area contributed by atoms with Gasteiger partial charge in [-0.05, 0) is 79.8 Å². The van der Waals surface area contributed by atoms with E-state index in [0.29, 0.717) is 22.0 Å². The van der Waals surface area contributed by atoms with Crippen molar-refractivity contribution < 1.29 is 17.2 Å². The van der Waals surface area contributed by atoms with E-state index < -0.39 is 27.3 Å². The number of sulfonamides is 1. The molecule has 0 saturated heterocycles. The average Bonchev–Trinajstić information content (AvgIpc) is 2.74. The second-order valence-corrected chi connectivity index (χ2v) is 10.6. The van der Waals surface area contributed by atoms with E-state index in [2.05, 4.69) is 16.4 Å². The van der Waals surface area contributed by atoms with E-state index in [1.807, 2.05) is 52.0 Å². The van der Waals surface area contributed by atoms with Crippen LogP contribution >= 0.6 is 0 Å². The van der Waals surface area contributed by atoms with E-state index in [-0.39, 0.29) is 0 Å². The summed E-state index contributed by atoms with van der Waals surface area (Å²) in [6, 6.07) is 10.1. The molecule has 1 aromatic heterocycles. The standard InChI is InChI=1S/C26H29F2N3O2S/c1-16(2)9-10-29-25-8-7-19(15-30-25)21-11-18(4)22(12-17(21)3)20-13-23(27)26(24(28)14-20)31(5)34(6,32)33/h7-9,11-15H,10H2,1-6H3,(H,29,30). The highest BCUT2D eigenvalue weighted by molar-refractivity contribution is 7.92. The number of halogens is 2. The van der Waals surface area contributed by atoms with Crippen LogP contribution in [0.2, 0.25) is 0 Å². The van der Waals surface area contributed by atoms with Gasteiger partial charge in [0.25, 0.3) is 0 Å². The number of nitrogens with one attached hydrogen (secondary N) is 1. The van der Waals surface area contributed by atoms with Gasteiger partial charge in [-0.25, -0.2) is 22.2 Å². The normalized spacial score (nSPS) is 11.3. The Morgan fingerprint density at radius 1 is 1.00 bits per heavy atom. The Morgan fingerprint density at radius 2 is 1.56 bits per heavy atom. The molecule has 0 unspecified atom stereocenters. The van der Waals surface area contributed by atoms with E-state index >= 15 is 0 Å². The van der Waals surface area contributed by atoms with Crippen molar-refractivity contribution in [1.82, 2.24) is 4.98 Å². The Hall–Kier alpha value is -3.26. The summed E-state index contributed by atoms with van der Waals surface area (Å²) in [7, 11) is -2.68. The topological polar surface area (TPSA) is 62.3 Å². The number of aryl methyl sites for hydroxylation is 2. The van der Waals surface area contributed by atoms with Gasteiger partial charge in [-0.1, -0.05) is 23.8 Å². The molecule has 2 aromatic carbocycles. The predicted molar refractivity (Wildman–Crippen MR) is 136 cm³/mol. The first-order chi connectivity index (χ1) is 15.9. The maximum atomic E-state index is 14.8. The molecule has 1 heterocycles. The average molecular weight is 486 g/mol. The van der Waals surface area contributed by atoms with Crippen molar-refractivity contribution in [1.29, 1.82) is 0 Å². The number of hydrogen-bond donors (Lipinski definition) is 1. The van der Waals surface area contributed by atoms with Crippen LogP contribution in [-0.2, 0) is 10.0 Å². The van der Waals surface area contributed by atoms with E-state index in [9.17, 15) is 17.2 Å². The largest absolute Gasteiger partial charge is 0.367 e. The molecule has 3 rings (SSSR count). The van der Waals surface area contributed by atoms with Gasteiger partial charge >= 0.3 is 0 Å². The lowest BCUT2D eigenvalue weighted by Gasteiger charge is -2.19. The number of anilines is 2. The highest BCUT2D eigenvalue weighted by Crippen LogP contribution is 2.35. The van der Waals surface area contributed by atoms with Crippen LogP contribution in [0.25, 0.3) is 22.3 Å². The third-order valence-corrected chi connectivity index (χ3v) is 6.76. The van der Waals surface area contributed by atoms with E-state index in [1.165, 1.54) is 5.57 Å². The first-order valence-corrected chi connectivity index (χ1v) is 12.6. The van der Waals surface area contributed by atoms with E-state index in [4.69, 9.17) is 0 Å². The number of hydrogen-bond acceptors (Lipinski definition) is 4. The Bertz CT molecular complexity index is 1320. The first kappa shape index (κ1) is 25.4. The van der Waals surface area contributed by atoms with Crippen molar-refractivity contribution in [2.24, 2.45) is 0 Å². The predicted octanol–water partition coefficient (Wildman–Crippen LogP) is 6.08. The fourth-order valence-electron chi connectivity index (χ4n) is 3.64. The van der Waals surface area contributed by atoms with Crippen LogP contribution in [0.15, 0.2) is 54.2 Å². The summed E-state index contributed by atoms with van der Waals surface area (Å²) in [6.07, 6.45) is 4.77. The number of aromatic nitrogens is 1. The highest BCUT2D eigenvalue weighted by Gasteiger charge is 2.22. The molecule has 0 radical (unpaired) electrons. The third kappa shape index (κ3) is 5.62. The van der Waals surface area contributed by atoms with E-state index in [1.54, 1.807) is 6.20 Å². The van der Waals surface area contributed by atoms with Crippen molar-refractivity contribution in [3.8, 4) is 22.3 Å². The molecule has 180 valence electrons. The van der Waals surface area contributed by atoms with Gasteiger partial charge in [-0.3, -0.25) is 4.31 Å². The van der Waals surface area contributed by atoms with Crippen LogP contribution < -0.4 is 9.62 Å². The number of allylic oxidation sites excluding steroid dienone is 1. The van der Waals surface area contributed by atoms with Gasteiger partial charge < -0.3 is 5.32 Å². The minimum Gasteiger partial charge on any atom is -0.367 e. The van der Waals surface area contributed by atoms with Gasteiger partial charge in [0, 0.05) is 25.4 Å². The summed E-state index contributed by atoms with van der Waals surface area (Å²) < 4.78 is 53.6. The molecule has 0 saturated carbocycles. The molecule has 5 nitrogen and oxygen atoms in total. The van der Waals surface area contributed by atoms with Crippen LogP contribution in [0.1, 0.15) is 25.0 Å². The first-order valence-electron chi connectivity index (χ1n) is 10.8. The van der Waals surface area contributed by atoms with Crippen molar-refractivity contribution >= 4 is 21.5 Å². The zero-order chi connectivity index (χ0) is 25.2. The van der Waals surface area contributed by atoms with Crippen LogP contribution in [0.4, 0.5) is 20.3 Å². The van der Waals surface area contributed by atoms with Crippen LogP contribution in [0, 0.1) is 25.5 Å². The number of rotatable bonds is 7. The van der Waals surface area contributed by atoms with Gasteiger partial charge in [0.05, 0.1) is 6.26 Å². The lowest BCUT2D eigenvalue weighted by Crippen LogP contribution is -2.26. The fraction of sp³-hybridized carbons (Fsp3) is 0.269. The van der Waals surface area contributed by atoms with Crippen LogP contribution in [-0.4, -0.2) is 33.2 Å². The second-order valence-electron chi connectivity index (χ2n) is 8.60. The summed E-state index contributed by atoms with van der Waals surface area (Å²) in [4.78, 5) is 4.48. The van der Waals surface area contributed by atoms with Crippen molar-refractivity contribution in [2.75, 3.05) is 29.5 Å². The van der Waals surface area contributed by atoms with Crippen molar-refractivity contribution in [3.05, 3.63) is 77.0 Å². The molecule has 1 N–H and O–H groups in total. The minimum absolute atomic E-state index is 0.338. The van der Waals surface area contributed by atoms with Gasteiger partial charge in [0.1, 0.15) is 11.5 Å². The third-order valence-electron chi connectivity index (χ3n) is 5.58. The molecule has 0 aliphatic carbocycles. The molecule has 0 bridgehead atoms. The van der Waals surface area contributed by atoms with Crippen LogP contribution in [0.3, 0.4) is 0 Å². The molecule has 0 atom stereocenters. The molecular formula is C26H29F2N3O2S. The molecule has 3 aromatic rings. The van der Waals surface area contributed by atoms with Gasteiger partial charge in [-0.15, -0.1) is 0 Å². The van der Waals surface area contributed by atoms with Crippen LogP contribution in [0.5, 0.6) is 0 Å². The maximum Gasteiger partial charge on any atom is 0.232 e. The molecule has 34 heavy (non-hydrogen) atoms. The maximum absolute atomic E-state index is 14.8. The smallest absolute Gasteiger partial charge is 0.232 e. The zero-order valence-corrected chi connectivity index (χ0v) is 21.0. The fourth-order valence-corrected chi connectivity index (χ4v) is 4.15. The van der Waals surface area contributed by atoms with Gasteiger partial charge in [-0.2, -0.15) is 0 Å². The molecular weight excluding hydrogens is 456 g/mol. The van der Waals surface area contributed by atoms with Gasteiger partial charge in [0.2, 0.25) is 10.0 Å². The molecule has 0 fully saturated rings. The van der Waals surface area contributed by atoms with Crippen molar-refractivity contribution in [2.45, 2.75) is 27.7 Å². The molecule has 0 amide bonds. The monoisotopic (exact) mass is 485 g/mol. The number of nitrogens with zero attached hydrogens (tertiary/aromatic N) is 2.